The van der Waals surface area contributed by atoms with E-state index in [0.717, 1.165) is 0 Å². The van der Waals surface area contributed by atoms with Gasteiger partial charge in [0.25, 0.3) is 5.91 Å². The maximum absolute atomic E-state index is 11.6. The van der Waals surface area contributed by atoms with Crippen molar-refractivity contribution in [2.45, 2.75) is 6.10 Å². The third-order valence-electron chi connectivity index (χ3n) is 2.26. The van der Waals surface area contributed by atoms with Crippen LogP contribution in [0.4, 0.5) is 0 Å². The summed E-state index contributed by atoms with van der Waals surface area (Å²) in [7, 11) is 0. The summed E-state index contributed by atoms with van der Waals surface area (Å²) in [6.45, 7) is -0.177. The van der Waals surface area contributed by atoms with Gasteiger partial charge in [0.2, 0.25) is 5.91 Å². The molecule has 2 amide bonds. The second kappa shape index (κ2) is 7.41. The first-order valence-electron chi connectivity index (χ1n) is 5.46. The number of carbonyl (C=O) groups excluding carboxylic acids is 2. The van der Waals surface area contributed by atoms with Crippen LogP contribution in [0.3, 0.4) is 0 Å². The summed E-state index contributed by atoms with van der Waals surface area (Å²) in [5, 5.41) is 14.7. The van der Waals surface area contributed by atoms with E-state index in [1.165, 1.54) is 6.07 Å². The lowest BCUT2D eigenvalue weighted by Gasteiger charge is -2.12. The second-order valence-corrected chi connectivity index (χ2v) is 4.03. The highest BCUT2D eigenvalue weighted by molar-refractivity contribution is 6.31. The lowest BCUT2D eigenvalue weighted by atomic mass is 10.1. The van der Waals surface area contributed by atoms with Crippen molar-refractivity contribution in [3.63, 3.8) is 0 Å². The Hall–Kier alpha value is -2.03. The average molecular weight is 281 g/mol. The van der Waals surface area contributed by atoms with Gasteiger partial charge in [-0.3, -0.25) is 9.59 Å². The average Bonchev–Trinajstić information content (AvgIpc) is 2.42. The van der Waals surface area contributed by atoms with Gasteiger partial charge in [0.1, 0.15) is 0 Å². The molecule has 0 unspecified atom stereocenters. The molecule has 1 rings (SSSR count). The van der Waals surface area contributed by atoms with Crippen molar-refractivity contribution in [2.75, 3.05) is 13.1 Å². The van der Waals surface area contributed by atoms with E-state index in [1.807, 2.05) is 0 Å². The Morgan fingerprint density at radius 2 is 2.05 bits per heavy atom. The van der Waals surface area contributed by atoms with Gasteiger partial charge in [-0.1, -0.05) is 35.7 Å². The van der Waals surface area contributed by atoms with Crippen LogP contribution in [0.25, 0.3) is 0 Å². The molecule has 0 fully saturated rings. The van der Waals surface area contributed by atoms with Gasteiger partial charge in [-0.15, -0.1) is 6.42 Å². The fourth-order valence-electron chi connectivity index (χ4n) is 1.31. The summed E-state index contributed by atoms with van der Waals surface area (Å²) in [5.41, 5.74) is 0.283. The Bertz CT molecular complexity index is 511. The first-order chi connectivity index (χ1) is 9.06. The van der Waals surface area contributed by atoms with Crippen LogP contribution in [0.1, 0.15) is 11.7 Å². The van der Waals surface area contributed by atoms with Gasteiger partial charge in [0.05, 0.1) is 13.1 Å². The summed E-state index contributed by atoms with van der Waals surface area (Å²) < 4.78 is 0. The third kappa shape index (κ3) is 4.62. The van der Waals surface area contributed by atoms with Crippen molar-refractivity contribution in [2.24, 2.45) is 0 Å². The number of terminal acetylenes is 1. The van der Waals surface area contributed by atoms with E-state index in [4.69, 9.17) is 18.0 Å². The zero-order chi connectivity index (χ0) is 14.3. The number of aliphatic hydroxyl groups is 1. The Morgan fingerprint density at radius 3 is 2.68 bits per heavy atom. The molecule has 0 aliphatic heterocycles. The topological polar surface area (TPSA) is 78.4 Å². The highest BCUT2D eigenvalue weighted by Crippen LogP contribution is 2.22. The van der Waals surface area contributed by atoms with Gasteiger partial charge >= 0.3 is 0 Å². The first kappa shape index (κ1) is 15.0. The van der Waals surface area contributed by atoms with Crippen LogP contribution in [0.2, 0.25) is 5.02 Å². The van der Waals surface area contributed by atoms with Crippen LogP contribution < -0.4 is 10.6 Å². The predicted octanol–water partition coefficient (Wildman–Crippen LogP) is 0.239. The van der Waals surface area contributed by atoms with E-state index in [9.17, 15) is 14.7 Å². The molecule has 100 valence electrons. The molecule has 1 aromatic rings. The lowest BCUT2D eigenvalue weighted by Crippen LogP contribution is -2.39. The fourth-order valence-corrected chi connectivity index (χ4v) is 1.55. The molecule has 0 saturated carbocycles. The number of aliphatic hydroxyl groups excluding tert-OH is 1. The van der Waals surface area contributed by atoms with Crippen LogP contribution in [0.15, 0.2) is 24.3 Å². The van der Waals surface area contributed by atoms with Crippen LogP contribution >= 0.6 is 11.6 Å². The number of benzene rings is 1. The number of hydrogen-bond donors (Lipinski definition) is 3. The van der Waals surface area contributed by atoms with Crippen LogP contribution in [0, 0.1) is 12.3 Å². The minimum Gasteiger partial charge on any atom is -0.378 e. The number of hydrogen-bond acceptors (Lipinski definition) is 3. The molecule has 3 N–H and O–H groups in total. The highest BCUT2D eigenvalue weighted by atomic mass is 35.5. The normalized spacial score (nSPS) is 11.2. The molecule has 1 aromatic carbocycles. The SMILES string of the molecule is C#CCNC(=O)CNC(=O)[C@H](O)c1ccccc1Cl. The number of carbonyl (C=O) groups is 2. The highest BCUT2D eigenvalue weighted by Gasteiger charge is 2.19. The van der Waals surface area contributed by atoms with Crippen molar-refractivity contribution >= 4 is 23.4 Å². The molecule has 0 aliphatic carbocycles. The molecule has 0 aromatic heterocycles. The molecule has 6 heteroatoms. The number of amides is 2. The van der Waals surface area contributed by atoms with E-state index >= 15 is 0 Å². The molecule has 0 aliphatic rings. The van der Waals surface area contributed by atoms with E-state index in [0.29, 0.717) is 0 Å². The molecule has 5 nitrogen and oxygen atoms in total. The smallest absolute Gasteiger partial charge is 0.253 e. The maximum Gasteiger partial charge on any atom is 0.253 e. The number of halogens is 1. The minimum absolute atomic E-state index is 0.0851. The van der Waals surface area contributed by atoms with Gasteiger partial charge < -0.3 is 15.7 Å². The fraction of sp³-hybridized carbons (Fsp3) is 0.231. The Morgan fingerprint density at radius 1 is 1.37 bits per heavy atom. The zero-order valence-corrected chi connectivity index (χ0v) is 10.8. The van der Waals surface area contributed by atoms with Gasteiger partial charge in [-0.25, -0.2) is 0 Å². The summed E-state index contributed by atoms with van der Waals surface area (Å²) >= 11 is 5.85. The number of rotatable bonds is 5. The van der Waals surface area contributed by atoms with Crippen molar-refractivity contribution in [3.8, 4) is 12.3 Å². The molecule has 0 spiro atoms. The van der Waals surface area contributed by atoms with Gasteiger partial charge in [-0.2, -0.15) is 0 Å². The van der Waals surface area contributed by atoms with Crippen molar-refractivity contribution in [1.82, 2.24) is 10.6 Å². The lowest BCUT2D eigenvalue weighted by molar-refractivity contribution is -0.132. The van der Waals surface area contributed by atoms with E-state index in [1.54, 1.807) is 18.2 Å². The molecule has 0 radical (unpaired) electrons. The van der Waals surface area contributed by atoms with Gasteiger partial charge in [-0.05, 0) is 6.07 Å². The van der Waals surface area contributed by atoms with E-state index in [2.05, 4.69) is 16.6 Å². The molecule has 0 saturated heterocycles. The monoisotopic (exact) mass is 280 g/mol. The van der Waals surface area contributed by atoms with Crippen molar-refractivity contribution in [3.05, 3.63) is 34.9 Å². The summed E-state index contributed by atoms with van der Waals surface area (Å²) in [6, 6.07) is 6.43. The molecular formula is C13H13ClN2O3. The third-order valence-corrected chi connectivity index (χ3v) is 2.60. The number of nitrogens with one attached hydrogen (secondary N) is 2. The van der Waals surface area contributed by atoms with E-state index < -0.39 is 17.9 Å². The predicted molar refractivity (Wildman–Crippen MR) is 71.3 cm³/mol. The largest absolute Gasteiger partial charge is 0.378 e. The molecule has 0 heterocycles. The van der Waals surface area contributed by atoms with Crippen molar-refractivity contribution in [1.29, 1.82) is 0 Å². The standard InChI is InChI=1S/C13H13ClN2O3/c1-2-7-15-11(17)8-16-13(19)12(18)9-5-3-4-6-10(9)14/h1,3-6,12,18H,7-8H2,(H,15,17)(H,16,19)/t12-/m1/s1. The maximum atomic E-state index is 11.6. The Labute approximate surface area is 116 Å². The zero-order valence-electron chi connectivity index (χ0n) is 10.0. The van der Waals surface area contributed by atoms with Crippen molar-refractivity contribution < 1.29 is 14.7 Å². The molecule has 1 atom stereocenters. The molecule has 19 heavy (non-hydrogen) atoms. The minimum atomic E-state index is -1.42. The van der Waals surface area contributed by atoms with Gasteiger partial charge in [0, 0.05) is 10.6 Å². The van der Waals surface area contributed by atoms with Crippen LogP contribution in [-0.4, -0.2) is 30.0 Å². The summed E-state index contributed by atoms with van der Waals surface area (Å²) in [6.07, 6.45) is 3.54. The van der Waals surface area contributed by atoms with Gasteiger partial charge in [0.15, 0.2) is 6.10 Å². The Balaban J connectivity index is 2.53. The summed E-state index contributed by atoms with van der Waals surface area (Å²) in [5.74, 6) is 1.09. The van der Waals surface area contributed by atoms with Crippen LogP contribution in [0.5, 0.6) is 0 Å². The second-order valence-electron chi connectivity index (χ2n) is 3.62. The van der Waals surface area contributed by atoms with E-state index in [-0.39, 0.29) is 23.7 Å². The molecule has 0 bridgehead atoms. The Kier molecular flexibility index (Phi) is 5.86. The summed E-state index contributed by atoms with van der Waals surface area (Å²) in [4.78, 5) is 22.8. The van der Waals surface area contributed by atoms with Crippen LogP contribution in [-0.2, 0) is 9.59 Å². The molecular weight excluding hydrogens is 268 g/mol. The first-order valence-corrected chi connectivity index (χ1v) is 5.84. The quantitative estimate of drug-likeness (QED) is 0.676.